The fourth-order valence-corrected chi connectivity index (χ4v) is 2.99. The van der Waals surface area contributed by atoms with Crippen LogP contribution in [0.15, 0.2) is 40.9 Å². The molecule has 0 amide bonds. The van der Waals surface area contributed by atoms with Gasteiger partial charge in [-0.1, -0.05) is 52.7 Å². The number of aryl methyl sites for hydroxylation is 1. The molecule has 2 N–H and O–H groups in total. The van der Waals surface area contributed by atoms with E-state index in [1.807, 2.05) is 19.1 Å². The van der Waals surface area contributed by atoms with E-state index in [2.05, 4.69) is 59.4 Å². The van der Waals surface area contributed by atoms with E-state index in [0.29, 0.717) is 19.8 Å². The summed E-state index contributed by atoms with van der Waals surface area (Å²) in [6.45, 7) is 7.93. The lowest BCUT2D eigenvalue weighted by Crippen LogP contribution is -2.31. The summed E-state index contributed by atoms with van der Waals surface area (Å²) in [4.78, 5) is 0. The molecule has 0 radical (unpaired) electrons. The van der Waals surface area contributed by atoms with Gasteiger partial charge < -0.3 is 19.9 Å². The minimum absolute atomic E-state index is 0.0925. The van der Waals surface area contributed by atoms with Gasteiger partial charge in [0, 0.05) is 17.1 Å². The number of rotatable bonds is 10. The van der Waals surface area contributed by atoms with E-state index in [0.717, 1.165) is 33.5 Å². The zero-order valence-electron chi connectivity index (χ0n) is 15.7. The molecule has 0 aliphatic rings. The van der Waals surface area contributed by atoms with Crippen LogP contribution < -0.4 is 14.8 Å². The maximum absolute atomic E-state index is 9.33. The lowest BCUT2D eigenvalue weighted by atomic mass is 10.1. The van der Waals surface area contributed by atoms with Crippen molar-refractivity contribution in [1.29, 1.82) is 0 Å². The standard InChI is InChI=1S/C21H28BrNO3/c1-4-18(13-24)23-12-17-10-20(25-5-2)21(11-19(17)22)26-14-16-8-6-15(3)7-9-16/h6-11,18,23-24H,4-5,12-14H2,1-3H3. The second kappa shape index (κ2) is 10.6. The van der Waals surface area contributed by atoms with Gasteiger partial charge in [-0.15, -0.1) is 0 Å². The van der Waals surface area contributed by atoms with Crippen molar-refractivity contribution >= 4 is 15.9 Å². The molecule has 142 valence electrons. The molecule has 2 rings (SSSR count). The molecule has 0 aromatic heterocycles. The Hall–Kier alpha value is -1.56. The molecule has 0 fully saturated rings. The summed E-state index contributed by atoms with van der Waals surface area (Å²) >= 11 is 3.62. The van der Waals surface area contributed by atoms with E-state index in [9.17, 15) is 5.11 Å². The van der Waals surface area contributed by atoms with Crippen LogP contribution in [0.3, 0.4) is 0 Å². The number of aliphatic hydroxyl groups is 1. The molecule has 0 heterocycles. The van der Waals surface area contributed by atoms with Crippen molar-refractivity contribution in [2.24, 2.45) is 0 Å². The van der Waals surface area contributed by atoms with E-state index in [4.69, 9.17) is 9.47 Å². The van der Waals surface area contributed by atoms with Crippen molar-refractivity contribution in [3.63, 3.8) is 0 Å². The third kappa shape index (κ3) is 6.01. The van der Waals surface area contributed by atoms with Gasteiger partial charge in [-0.05, 0) is 43.5 Å². The van der Waals surface area contributed by atoms with Crippen LogP contribution in [0.25, 0.3) is 0 Å². The summed E-state index contributed by atoms with van der Waals surface area (Å²) in [5, 5.41) is 12.7. The van der Waals surface area contributed by atoms with E-state index in [-0.39, 0.29) is 12.6 Å². The first-order valence-corrected chi connectivity index (χ1v) is 9.84. The van der Waals surface area contributed by atoms with Crippen LogP contribution >= 0.6 is 15.9 Å². The molecule has 5 heteroatoms. The summed E-state index contributed by atoms with van der Waals surface area (Å²) in [6, 6.07) is 12.3. The highest BCUT2D eigenvalue weighted by atomic mass is 79.9. The van der Waals surface area contributed by atoms with E-state index in [1.54, 1.807) is 0 Å². The average Bonchev–Trinajstić information content (AvgIpc) is 2.65. The quantitative estimate of drug-likeness (QED) is 0.588. The Morgan fingerprint density at radius 1 is 1.08 bits per heavy atom. The normalized spacial score (nSPS) is 12.0. The summed E-state index contributed by atoms with van der Waals surface area (Å²) in [7, 11) is 0. The van der Waals surface area contributed by atoms with Crippen molar-refractivity contribution in [2.45, 2.75) is 46.4 Å². The Kier molecular flexibility index (Phi) is 8.42. The second-order valence-corrected chi connectivity index (χ2v) is 7.12. The third-order valence-corrected chi connectivity index (χ3v) is 4.96. The van der Waals surface area contributed by atoms with Crippen LogP contribution in [0, 0.1) is 6.92 Å². The molecule has 0 aliphatic carbocycles. The number of halogens is 1. The maximum atomic E-state index is 9.33. The first-order valence-electron chi connectivity index (χ1n) is 9.05. The van der Waals surface area contributed by atoms with Gasteiger partial charge in [-0.2, -0.15) is 0 Å². The maximum Gasteiger partial charge on any atom is 0.162 e. The molecule has 0 aliphatic heterocycles. The predicted octanol–water partition coefficient (Wildman–Crippen LogP) is 4.60. The molecule has 2 aromatic rings. The molecule has 0 bridgehead atoms. The van der Waals surface area contributed by atoms with Crippen LogP contribution in [0.1, 0.15) is 37.0 Å². The first kappa shape index (κ1) is 20.7. The van der Waals surface area contributed by atoms with Crippen molar-refractivity contribution in [1.82, 2.24) is 5.32 Å². The second-order valence-electron chi connectivity index (χ2n) is 6.27. The lowest BCUT2D eigenvalue weighted by molar-refractivity contribution is 0.238. The van der Waals surface area contributed by atoms with Gasteiger partial charge in [-0.25, -0.2) is 0 Å². The Balaban J connectivity index is 2.12. The molecule has 0 saturated heterocycles. The number of ether oxygens (including phenoxy) is 2. The summed E-state index contributed by atoms with van der Waals surface area (Å²) < 4.78 is 12.7. The fourth-order valence-electron chi connectivity index (χ4n) is 2.53. The zero-order chi connectivity index (χ0) is 18.9. The molecule has 0 spiro atoms. The minimum atomic E-state index is 0.0925. The molecule has 2 aromatic carbocycles. The highest BCUT2D eigenvalue weighted by Gasteiger charge is 2.13. The van der Waals surface area contributed by atoms with E-state index in [1.165, 1.54) is 5.56 Å². The van der Waals surface area contributed by atoms with E-state index >= 15 is 0 Å². The van der Waals surface area contributed by atoms with Crippen molar-refractivity contribution < 1.29 is 14.6 Å². The van der Waals surface area contributed by atoms with Crippen molar-refractivity contribution in [3.8, 4) is 11.5 Å². The third-order valence-electron chi connectivity index (χ3n) is 4.22. The SMILES string of the molecule is CCOc1cc(CNC(CC)CO)c(Br)cc1OCc1ccc(C)cc1. The van der Waals surface area contributed by atoms with Gasteiger partial charge in [0.25, 0.3) is 0 Å². The molecule has 26 heavy (non-hydrogen) atoms. The van der Waals surface area contributed by atoms with Gasteiger partial charge in [0.1, 0.15) is 6.61 Å². The molecule has 1 atom stereocenters. The number of hydrogen-bond acceptors (Lipinski definition) is 4. The van der Waals surface area contributed by atoms with E-state index < -0.39 is 0 Å². The molecule has 1 unspecified atom stereocenters. The van der Waals surface area contributed by atoms with Crippen LogP contribution in [0.5, 0.6) is 11.5 Å². The summed E-state index contributed by atoms with van der Waals surface area (Å²) in [5.74, 6) is 1.45. The minimum Gasteiger partial charge on any atom is -0.490 e. The highest BCUT2D eigenvalue weighted by Crippen LogP contribution is 2.34. The van der Waals surface area contributed by atoms with Gasteiger partial charge in [0.2, 0.25) is 0 Å². The molecule has 0 saturated carbocycles. The topological polar surface area (TPSA) is 50.7 Å². The Morgan fingerprint density at radius 2 is 1.77 bits per heavy atom. The van der Waals surface area contributed by atoms with Gasteiger partial charge in [0.05, 0.1) is 13.2 Å². The molecular formula is C21H28BrNO3. The lowest BCUT2D eigenvalue weighted by Gasteiger charge is -2.18. The largest absolute Gasteiger partial charge is 0.490 e. The van der Waals surface area contributed by atoms with Crippen LogP contribution in [-0.4, -0.2) is 24.4 Å². The van der Waals surface area contributed by atoms with Gasteiger partial charge >= 0.3 is 0 Å². The van der Waals surface area contributed by atoms with Gasteiger partial charge in [-0.3, -0.25) is 0 Å². The monoisotopic (exact) mass is 421 g/mol. The average molecular weight is 422 g/mol. The Bertz CT molecular complexity index is 684. The van der Waals surface area contributed by atoms with Crippen molar-refractivity contribution in [2.75, 3.05) is 13.2 Å². The number of aliphatic hydroxyl groups excluding tert-OH is 1. The zero-order valence-corrected chi connectivity index (χ0v) is 17.3. The smallest absolute Gasteiger partial charge is 0.162 e. The van der Waals surface area contributed by atoms with Crippen LogP contribution in [0.2, 0.25) is 0 Å². The predicted molar refractivity (Wildman–Crippen MR) is 109 cm³/mol. The number of hydrogen-bond donors (Lipinski definition) is 2. The van der Waals surface area contributed by atoms with Gasteiger partial charge in [0.15, 0.2) is 11.5 Å². The Labute approximate surface area is 164 Å². The summed E-state index contributed by atoms with van der Waals surface area (Å²) in [5.41, 5.74) is 3.42. The first-order chi connectivity index (χ1) is 12.6. The highest BCUT2D eigenvalue weighted by molar-refractivity contribution is 9.10. The fraction of sp³-hybridized carbons (Fsp3) is 0.429. The Morgan fingerprint density at radius 3 is 2.38 bits per heavy atom. The molecular weight excluding hydrogens is 394 g/mol. The summed E-state index contributed by atoms with van der Waals surface area (Å²) in [6.07, 6.45) is 0.879. The number of benzene rings is 2. The number of nitrogens with one attached hydrogen (secondary N) is 1. The molecule has 4 nitrogen and oxygen atoms in total. The van der Waals surface area contributed by atoms with Crippen LogP contribution in [0.4, 0.5) is 0 Å². The van der Waals surface area contributed by atoms with Crippen molar-refractivity contribution in [3.05, 3.63) is 57.6 Å². The van der Waals surface area contributed by atoms with Crippen LogP contribution in [-0.2, 0) is 13.2 Å².